The third-order valence-corrected chi connectivity index (χ3v) is 10.2. The van der Waals surface area contributed by atoms with Crippen LogP contribution in [0.1, 0.15) is 41.5 Å². The SMILES string of the molecule is C=CC(N)(C[Si](OCC)(OCC)OCC)C[Si](OCC)(OCC)OCC. The minimum atomic E-state index is -2.96. The summed E-state index contributed by atoms with van der Waals surface area (Å²) in [4.78, 5) is 0. The van der Waals surface area contributed by atoms with Crippen LogP contribution in [0.2, 0.25) is 12.1 Å². The van der Waals surface area contributed by atoms with Crippen molar-refractivity contribution in [1.82, 2.24) is 0 Å². The zero-order chi connectivity index (χ0) is 20.1. The molecule has 0 rings (SSSR count). The van der Waals surface area contributed by atoms with Crippen LogP contribution in [0.5, 0.6) is 0 Å². The van der Waals surface area contributed by atoms with Crippen molar-refractivity contribution in [1.29, 1.82) is 0 Å². The van der Waals surface area contributed by atoms with Gasteiger partial charge in [0.2, 0.25) is 0 Å². The summed E-state index contributed by atoms with van der Waals surface area (Å²) >= 11 is 0. The highest BCUT2D eigenvalue weighted by molar-refractivity contribution is 6.63. The molecule has 0 aromatic carbocycles. The maximum Gasteiger partial charge on any atom is 0.503 e. The van der Waals surface area contributed by atoms with Gasteiger partial charge in [0.1, 0.15) is 0 Å². The van der Waals surface area contributed by atoms with Gasteiger partial charge in [-0.25, -0.2) is 0 Å². The van der Waals surface area contributed by atoms with E-state index in [0.29, 0.717) is 51.7 Å². The van der Waals surface area contributed by atoms with Crippen molar-refractivity contribution in [3.8, 4) is 0 Å². The van der Waals surface area contributed by atoms with Gasteiger partial charge in [-0.15, -0.1) is 6.58 Å². The van der Waals surface area contributed by atoms with Crippen LogP contribution < -0.4 is 5.73 Å². The normalized spacial score (nSPS) is 13.2. The minimum Gasteiger partial charge on any atom is -0.374 e. The molecule has 0 unspecified atom stereocenters. The fourth-order valence-electron chi connectivity index (χ4n) is 2.89. The molecule has 156 valence electrons. The topological polar surface area (TPSA) is 81.4 Å². The van der Waals surface area contributed by atoms with Crippen molar-refractivity contribution in [2.45, 2.75) is 59.2 Å². The van der Waals surface area contributed by atoms with Gasteiger partial charge in [0.15, 0.2) is 0 Å². The molecule has 0 aliphatic rings. The first-order chi connectivity index (χ1) is 12.3. The third-order valence-electron chi connectivity index (χ3n) is 3.68. The largest absolute Gasteiger partial charge is 0.503 e. The van der Waals surface area contributed by atoms with E-state index < -0.39 is 23.1 Å². The second-order valence-electron chi connectivity index (χ2n) is 5.75. The summed E-state index contributed by atoms with van der Waals surface area (Å²) in [6.45, 7) is 18.4. The first-order valence-electron chi connectivity index (χ1n) is 9.60. The van der Waals surface area contributed by atoms with Gasteiger partial charge < -0.3 is 32.3 Å². The van der Waals surface area contributed by atoms with E-state index in [1.165, 1.54) is 0 Å². The Bertz CT molecular complexity index is 324. The van der Waals surface area contributed by atoms with E-state index in [9.17, 15) is 0 Å². The molecule has 0 aromatic rings. The lowest BCUT2D eigenvalue weighted by Crippen LogP contribution is -2.59. The van der Waals surface area contributed by atoms with Crippen molar-refractivity contribution in [3.63, 3.8) is 0 Å². The Hall–Kier alpha value is -0.106. The van der Waals surface area contributed by atoms with Gasteiger partial charge in [0.05, 0.1) is 0 Å². The molecular formula is C17H39NO6Si2. The van der Waals surface area contributed by atoms with Gasteiger partial charge in [-0.2, -0.15) is 0 Å². The highest BCUT2D eigenvalue weighted by atomic mass is 28.4. The van der Waals surface area contributed by atoms with E-state index in [1.54, 1.807) is 6.08 Å². The molecule has 0 saturated heterocycles. The Balaban J connectivity index is 5.68. The first kappa shape index (κ1) is 25.9. The Labute approximate surface area is 161 Å². The fraction of sp³-hybridized carbons (Fsp3) is 0.882. The standard InChI is InChI=1S/C17H39NO6Si2/c1-8-17(18,15-25(19-9-2,20-10-3)21-11-4)16-26(22-12-5,23-13-6)24-14-7/h8H,1,9-16,18H2,2-7H3. The molecule has 0 fully saturated rings. The Morgan fingerprint density at radius 3 is 1.04 bits per heavy atom. The second-order valence-corrected chi connectivity index (χ2v) is 10.9. The number of nitrogens with two attached hydrogens (primary N) is 1. The van der Waals surface area contributed by atoms with Gasteiger partial charge in [-0.1, -0.05) is 6.08 Å². The van der Waals surface area contributed by atoms with E-state index in [-0.39, 0.29) is 0 Å². The van der Waals surface area contributed by atoms with E-state index >= 15 is 0 Å². The molecule has 0 saturated carbocycles. The van der Waals surface area contributed by atoms with E-state index in [4.69, 9.17) is 32.3 Å². The first-order valence-corrected chi connectivity index (χ1v) is 13.5. The second kappa shape index (κ2) is 13.1. The molecule has 0 atom stereocenters. The van der Waals surface area contributed by atoms with Gasteiger partial charge in [0, 0.05) is 57.3 Å². The van der Waals surface area contributed by atoms with Crippen molar-refractivity contribution in [3.05, 3.63) is 12.7 Å². The van der Waals surface area contributed by atoms with Gasteiger partial charge in [-0.05, 0) is 41.5 Å². The predicted molar refractivity (Wildman–Crippen MR) is 108 cm³/mol. The molecule has 0 amide bonds. The van der Waals surface area contributed by atoms with Crippen LogP contribution in [0.4, 0.5) is 0 Å². The Kier molecular flexibility index (Phi) is 13.1. The van der Waals surface area contributed by atoms with Crippen LogP contribution >= 0.6 is 0 Å². The van der Waals surface area contributed by atoms with Crippen LogP contribution in [0.15, 0.2) is 12.7 Å². The van der Waals surface area contributed by atoms with E-state index in [1.807, 2.05) is 41.5 Å². The monoisotopic (exact) mass is 409 g/mol. The molecule has 0 aliphatic carbocycles. The lowest BCUT2D eigenvalue weighted by atomic mass is 10.1. The summed E-state index contributed by atoms with van der Waals surface area (Å²) in [5.41, 5.74) is 5.87. The molecule has 0 heterocycles. The van der Waals surface area contributed by atoms with Crippen LogP contribution in [0.25, 0.3) is 0 Å². The van der Waals surface area contributed by atoms with Crippen LogP contribution in [0, 0.1) is 0 Å². The van der Waals surface area contributed by atoms with Gasteiger partial charge in [-0.3, -0.25) is 0 Å². The molecule has 2 N–H and O–H groups in total. The maximum atomic E-state index is 6.72. The highest BCUT2D eigenvalue weighted by Gasteiger charge is 2.53. The summed E-state index contributed by atoms with van der Waals surface area (Å²) in [5, 5.41) is 0. The summed E-state index contributed by atoms with van der Waals surface area (Å²) < 4.78 is 35.8. The average molecular weight is 410 g/mol. The molecule has 0 radical (unpaired) electrons. The number of hydrogen-bond donors (Lipinski definition) is 1. The number of hydrogen-bond acceptors (Lipinski definition) is 7. The van der Waals surface area contributed by atoms with Gasteiger partial charge in [0.25, 0.3) is 0 Å². The van der Waals surface area contributed by atoms with Crippen LogP contribution in [-0.4, -0.2) is 62.8 Å². The van der Waals surface area contributed by atoms with Gasteiger partial charge >= 0.3 is 17.6 Å². The molecule has 26 heavy (non-hydrogen) atoms. The third kappa shape index (κ3) is 8.28. The fourth-order valence-corrected chi connectivity index (χ4v) is 9.04. The molecule has 9 heteroatoms. The molecule has 0 spiro atoms. The molecule has 0 aromatic heterocycles. The average Bonchev–Trinajstić information content (AvgIpc) is 2.56. The van der Waals surface area contributed by atoms with Crippen molar-refractivity contribution in [2.75, 3.05) is 39.6 Å². The highest BCUT2D eigenvalue weighted by Crippen LogP contribution is 2.32. The van der Waals surface area contributed by atoms with Crippen LogP contribution in [0.3, 0.4) is 0 Å². The predicted octanol–water partition coefficient (Wildman–Crippen LogP) is 2.97. The van der Waals surface area contributed by atoms with E-state index in [2.05, 4.69) is 6.58 Å². The molecule has 7 nitrogen and oxygen atoms in total. The lowest BCUT2D eigenvalue weighted by molar-refractivity contribution is 0.0588. The zero-order valence-corrected chi connectivity index (χ0v) is 19.5. The summed E-state index contributed by atoms with van der Waals surface area (Å²) in [7, 11) is -5.92. The minimum absolute atomic E-state index is 0.390. The summed E-state index contributed by atoms with van der Waals surface area (Å²) in [5.74, 6) is 0. The number of rotatable bonds is 17. The Morgan fingerprint density at radius 1 is 0.654 bits per heavy atom. The Morgan fingerprint density at radius 2 is 0.885 bits per heavy atom. The van der Waals surface area contributed by atoms with Crippen LogP contribution in [-0.2, 0) is 26.6 Å². The molecule has 0 aliphatic heterocycles. The quantitative estimate of drug-likeness (QED) is 0.292. The lowest BCUT2D eigenvalue weighted by Gasteiger charge is -2.39. The summed E-state index contributed by atoms with van der Waals surface area (Å²) in [6, 6.07) is 0.780. The van der Waals surface area contributed by atoms with Crippen molar-refractivity contribution in [2.24, 2.45) is 5.73 Å². The zero-order valence-electron chi connectivity index (χ0n) is 17.5. The maximum absolute atomic E-state index is 6.72. The van der Waals surface area contributed by atoms with Crippen molar-refractivity contribution < 1.29 is 26.6 Å². The van der Waals surface area contributed by atoms with Crippen molar-refractivity contribution >= 4 is 17.6 Å². The molecule has 0 bridgehead atoms. The smallest absolute Gasteiger partial charge is 0.374 e. The summed E-state index contributed by atoms with van der Waals surface area (Å²) in [6.07, 6.45) is 1.71. The van der Waals surface area contributed by atoms with E-state index in [0.717, 1.165) is 0 Å². The molecular weight excluding hydrogens is 370 g/mol.